The molecule has 17 heavy (non-hydrogen) atoms. The molecule has 0 unspecified atom stereocenters. The second kappa shape index (κ2) is 13.3. The van der Waals surface area contributed by atoms with Crippen molar-refractivity contribution in [2.45, 2.75) is 77.6 Å². The van der Waals surface area contributed by atoms with Crippen molar-refractivity contribution in [2.75, 3.05) is 0 Å². The van der Waals surface area contributed by atoms with Crippen molar-refractivity contribution in [3.8, 4) is 0 Å². The standard InChI is InChI=1S/C15H28O2/c1-2-3-4-5-6-7-8-9-10-11-12-13-14-15(16)17/h5-6H,2-4,7-14H2,1H3,(H,16,17)/p-1. The summed E-state index contributed by atoms with van der Waals surface area (Å²) in [6.07, 6.45) is 16.5. The van der Waals surface area contributed by atoms with Crippen LogP contribution in [0.2, 0.25) is 0 Å². The van der Waals surface area contributed by atoms with E-state index in [2.05, 4.69) is 19.1 Å². The van der Waals surface area contributed by atoms with Crippen LogP contribution in [0.5, 0.6) is 0 Å². The van der Waals surface area contributed by atoms with Gasteiger partial charge in [-0.15, -0.1) is 0 Å². The van der Waals surface area contributed by atoms with Crippen LogP contribution in [0.1, 0.15) is 77.6 Å². The lowest BCUT2D eigenvalue weighted by molar-refractivity contribution is -0.305. The monoisotopic (exact) mass is 239 g/mol. The summed E-state index contributed by atoms with van der Waals surface area (Å²) in [6.45, 7) is 2.22. The second-order valence-corrected chi connectivity index (χ2v) is 4.65. The Balaban J connectivity index is 3.03. The summed E-state index contributed by atoms with van der Waals surface area (Å²) < 4.78 is 0. The molecule has 0 aliphatic carbocycles. The number of unbranched alkanes of at least 4 members (excludes halogenated alkanes) is 8. The summed E-state index contributed by atoms with van der Waals surface area (Å²) in [4.78, 5) is 10.2. The Kier molecular flexibility index (Phi) is 12.7. The fourth-order valence-electron chi connectivity index (χ4n) is 1.80. The van der Waals surface area contributed by atoms with Crippen molar-refractivity contribution >= 4 is 5.97 Å². The zero-order valence-corrected chi connectivity index (χ0v) is 11.2. The SMILES string of the molecule is CCCCC=CCCCCCCCCC(=O)[O-]. The van der Waals surface area contributed by atoms with Gasteiger partial charge in [0, 0.05) is 5.97 Å². The van der Waals surface area contributed by atoms with E-state index in [1.807, 2.05) is 0 Å². The van der Waals surface area contributed by atoms with Crippen molar-refractivity contribution in [1.29, 1.82) is 0 Å². The molecule has 0 spiro atoms. The molecule has 0 atom stereocenters. The minimum Gasteiger partial charge on any atom is -0.550 e. The normalized spacial score (nSPS) is 11.1. The molecule has 0 saturated carbocycles. The highest BCUT2D eigenvalue weighted by Gasteiger charge is 1.91. The molecule has 0 bridgehead atoms. The number of rotatable bonds is 12. The van der Waals surface area contributed by atoms with Crippen molar-refractivity contribution in [3.63, 3.8) is 0 Å². The van der Waals surface area contributed by atoms with Gasteiger partial charge in [0.2, 0.25) is 0 Å². The van der Waals surface area contributed by atoms with Crippen LogP contribution in [0.15, 0.2) is 12.2 Å². The van der Waals surface area contributed by atoms with Gasteiger partial charge in [-0.1, -0.05) is 57.6 Å². The van der Waals surface area contributed by atoms with Crippen molar-refractivity contribution in [1.82, 2.24) is 0 Å². The van der Waals surface area contributed by atoms with Crippen LogP contribution in [-0.2, 0) is 4.79 Å². The zero-order chi connectivity index (χ0) is 12.8. The second-order valence-electron chi connectivity index (χ2n) is 4.65. The van der Waals surface area contributed by atoms with Crippen LogP contribution < -0.4 is 5.11 Å². The van der Waals surface area contributed by atoms with Crippen LogP contribution in [-0.4, -0.2) is 5.97 Å². The molecule has 0 amide bonds. The van der Waals surface area contributed by atoms with E-state index < -0.39 is 5.97 Å². The maximum Gasteiger partial charge on any atom is 0.0414 e. The predicted octanol–water partition coefficient (Wildman–Crippen LogP) is 3.60. The summed E-state index contributed by atoms with van der Waals surface area (Å²) in [6, 6.07) is 0. The molecule has 0 aromatic heterocycles. The molecule has 0 saturated heterocycles. The summed E-state index contributed by atoms with van der Waals surface area (Å²) in [5.41, 5.74) is 0. The minimum atomic E-state index is -0.915. The number of carbonyl (C=O) groups is 1. The van der Waals surface area contributed by atoms with Gasteiger partial charge >= 0.3 is 0 Å². The Labute approximate surface area is 106 Å². The Bertz CT molecular complexity index is 197. The molecular weight excluding hydrogens is 212 g/mol. The molecule has 2 nitrogen and oxygen atoms in total. The molecule has 100 valence electrons. The van der Waals surface area contributed by atoms with Crippen molar-refractivity contribution in [3.05, 3.63) is 12.2 Å². The highest BCUT2D eigenvalue weighted by atomic mass is 16.4. The lowest BCUT2D eigenvalue weighted by Gasteiger charge is -2.02. The maximum absolute atomic E-state index is 10.2. The van der Waals surface area contributed by atoms with E-state index in [1.165, 1.54) is 44.9 Å². The fourth-order valence-corrected chi connectivity index (χ4v) is 1.80. The number of hydrogen-bond acceptors (Lipinski definition) is 2. The third-order valence-corrected chi connectivity index (χ3v) is 2.89. The first-order chi connectivity index (χ1) is 8.27. The summed E-state index contributed by atoms with van der Waals surface area (Å²) >= 11 is 0. The summed E-state index contributed by atoms with van der Waals surface area (Å²) in [5.74, 6) is -0.915. The van der Waals surface area contributed by atoms with Gasteiger partial charge in [0.25, 0.3) is 0 Å². The molecule has 0 aliphatic heterocycles. The topological polar surface area (TPSA) is 40.1 Å². The molecule has 0 N–H and O–H groups in total. The van der Waals surface area contributed by atoms with E-state index in [4.69, 9.17) is 0 Å². The van der Waals surface area contributed by atoms with Crippen LogP contribution in [0.3, 0.4) is 0 Å². The third kappa shape index (κ3) is 15.2. The first kappa shape index (κ1) is 16.2. The van der Waals surface area contributed by atoms with Crippen LogP contribution >= 0.6 is 0 Å². The largest absolute Gasteiger partial charge is 0.550 e. The lowest BCUT2D eigenvalue weighted by Crippen LogP contribution is -2.21. The van der Waals surface area contributed by atoms with Gasteiger partial charge in [0.15, 0.2) is 0 Å². The third-order valence-electron chi connectivity index (χ3n) is 2.89. The van der Waals surface area contributed by atoms with E-state index in [-0.39, 0.29) is 6.42 Å². The smallest absolute Gasteiger partial charge is 0.0414 e. The van der Waals surface area contributed by atoms with Gasteiger partial charge in [0.1, 0.15) is 0 Å². The molecular formula is C15H27O2-. The quantitative estimate of drug-likeness (QED) is 0.385. The Morgan fingerprint density at radius 3 is 2.00 bits per heavy atom. The molecule has 0 radical (unpaired) electrons. The van der Waals surface area contributed by atoms with E-state index >= 15 is 0 Å². The molecule has 0 rings (SSSR count). The van der Waals surface area contributed by atoms with Gasteiger partial charge in [0.05, 0.1) is 0 Å². The van der Waals surface area contributed by atoms with Gasteiger partial charge in [-0.25, -0.2) is 0 Å². The summed E-state index contributed by atoms with van der Waals surface area (Å²) in [5, 5.41) is 10.2. The van der Waals surface area contributed by atoms with Gasteiger partial charge < -0.3 is 9.90 Å². The highest BCUT2D eigenvalue weighted by molar-refractivity contribution is 5.63. The molecule has 0 heterocycles. The molecule has 0 aromatic rings. The Hall–Kier alpha value is -0.790. The first-order valence-corrected chi connectivity index (χ1v) is 7.12. The Morgan fingerprint density at radius 2 is 1.41 bits per heavy atom. The fraction of sp³-hybridized carbons (Fsp3) is 0.800. The predicted molar refractivity (Wildman–Crippen MR) is 70.6 cm³/mol. The molecule has 0 aliphatic rings. The molecule has 0 aromatic carbocycles. The minimum absolute atomic E-state index is 0.222. The number of allylic oxidation sites excluding steroid dienone is 2. The average molecular weight is 239 g/mol. The van der Waals surface area contributed by atoms with E-state index in [1.54, 1.807) is 0 Å². The van der Waals surface area contributed by atoms with E-state index in [0.29, 0.717) is 0 Å². The Morgan fingerprint density at radius 1 is 0.882 bits per heavy atom. The van der Waals surface area contributed by atoms with Gasteiger partial charge in [-0.2, -0.15) is 0 Å². The molecule has 2 heteroatoms. The average Bonchev–Trinajstić information content (AvgIpc) is 2.30. The number of carboxylic acids is 1. The lowest BCUT2D eigenvalue weighted by atomic mass is 10.1. The van der Waals surface area contributed by atoms with Gasteiger partial charge in [-0.3, -0.25) is 0 Å². The zero-order valence-electron chi connectivity index (χ0n) is 11.2. The van der Waals surface area contributed by atoms with Gasteiger partial charge in [-0.05, 0) is 32.1 Å². The highest BCUT2D eigenvalue weighted by Crippen LogP contribution is 2.09. The number of hydrogen-bond donors (Lipinski definition) is 0. The van der Waals surface area contributed by atoms with E-state index in [0.717, 1.165) is 19.3 Å². The van der Waals surface area contributed by atoms with Crippen LogP contribution in [0, 0.1) is 0 Å². The molecule has 0 fully saturated rings. The number of carboxylic acid groups (broad SMARTS) is 1. The van der Waals surface area contributed by atoms with Crippen LogP contribution in [0.4, 0.5) is 0 Å². The number of carbonyl (C=O) groups excluding carboxylic acids is 1. The number of aliphatic carboxylic acids is 1. The van der Waals surface area contributed by atoms with Crippen molar-refractivity contribution in [2.24, 2.45) is 0 Å². The maximum atomic E-state index is 10.2. The first-order valence-electron chi connectivity index (χ1n) is 7.12. The van der Waals surface area contributed by atoms with E-state index in [9.17, 15) is 9.90 Å². The van der Waals surface area contributed by atoms with Crippen molar-refractivity contribution < 1.29 is 9.90 Å². The van der Waals surface area contributed by atoms with Crippen LogP contribution in [0.25, 0.3) is 0 Å². The summed E-state index contributed by atoms with van der Waals surface area (Å²) in [7, 11) is 0.